The van der Waals surface area contributed by atoms with Crippen molar-refractivity contribution >= 4 is 17.7 Å². The van der Waals surface area contributed by atoms with Gasteiger partial charge in [0.25, 0.3) is 0 Å². The van der Waals surface area contributed by atoms with E-state index in [1.807, 2.05) is 32.0 Å². The zero-order valence-corrected chi connectivity index (χ0v) is 7.64. The van der Waals surface area contributed by atoms with Gasteiger partial charge in [-0.1, -0.05) is 44.2 Å². The highest BCUT2D eigenvalue weighted by atomic mass is 32.1. The standard InChI is InChI=1S/C7H6OS.C2H6/c8-7(9)6-4-2-1-3-5-6;1-2/h1-5H,(H,8,9);1-2H3. The number of hydrogen-bond donors (Lipinski definition) is 1. The molecule has 0 aromatic heterocycles. The number of hydrogen-bond acceptors (Lipinski definition) is 1. The minimum absolute atomic E-state index is 0.185. The first kappa shape index (κ1) is 10.2. The van der Waals surface area contributed by atoms with Crippen LogP contribution in [0.1, 0.15) is 24.2 Å². The molecule has 0 spiro atoms. The highest BCUT2D eigenvalue weighted by Crippen LogP contribution is 2.00. The molecular weight excluding hydrogens is 156 g/mol. The second-order valence-corrected chi connectivity index (χ2v) is 2.08. The quantitative estimate of drug-likeness (QED) is 0.638. The molecule has 11 heavy (non-hydrogen) atoms. The Bertz CT molecular complexity index is 206. The Balaban J connectivity index is 0.000000461. The fraction of sp³-hybridized carbons (Fsp3) is 0.222. The van der Waals surface area contributed by atoms with Crippen molar-refractivity contribution in [1.29, 1.82) is 0 Å². The summed E-state index contributed by atoms with van der Waals surface area (Å²) in [5.74, 6) is 0. The summed E-state index contributed by atoms with van der Waals surface area (Å²) in [6.45, 7) is 4.00. The summed E-state index contributed by atoms with van der Waals surface area (Å²) >= 11 is 3.65. The summed E-state index contributed by atoms with van der Waals surface area (Å²) in [7, 11) is 0. The maximum Gasteiger partial charge on any atom is 0.216 e. The van der Waals surface area contributed by atoms with Gasteiger partial charge in [-0.3, -0.25) is 4.79 Å². The monoisotopic (exact) mass is 168 g/mol. The summed E-state index contributed by atoms with van der Waals surface area (Å²) in [5.41, 5.74) is 0.640. The van der Waals surface area contributed by atoms with E-state index in [2.05, 4.69) is 12.6 Å². The molecule has 0 amide bonds. The van der Waals surface area contributed by atoms with Crippen molar-refractivity contribution < 1.29 is 4.79 Å². The van der Waals surface area contributed by atoms with Crippen LogP contribution >= 0.6 is 12.6 Å². The van der Waals surface area contributed by atoms with Crippen molar-refractivity contribution in [2.75, 3.05) is 0 Å². The van der Waals surface area contributed by atoms with Gasteiger partial charge < -0.3 is 0 Å². The minimum atomic E-state index is -0.185. The SMILES string of the molecule is CC.O=C(S)c1ccccc1. The molecule has 2 heteroatoms. The molecule has 0 unspecified atom stereocenters. The van der Waals surface area contributed by atoms with Gasteiger partial charge in [0.2, 0.25) is 5.12 Å². The van der Waals surface area contributed by atoms with Crippen molar-refractivity contribution in [3.8, 4) is 0 Å². The van der Waals surface area contributed by atoms with E-state index >= 15 is 0 Å². The van der Waals surface area contributed by atoms with Crippen molar-refractivity contribution in [3.63, 3.8) is 0 Å². The Kier molecular flexibility index (Phi) is 5.57. The van der Waals surface area contributed by atoms with E-state index in [0.717, 1.165) is 0 Å². The molecule has 0 aliphatic carbocycles. The molecule has 0 N–H and O–H groups in total. The summed E-state index contributed by atoms with van der Waals surface area (Å²) in [6.07, 6.45) is 0. The van der Waals surface area contributed by atoms with Crippen LogP contribution in [0.2, 0.25) is 0 Å². The number of benzene rings is 1. The Morgan fingerprint density at radius 2 is 1.64 bits per heavy atom. The Hall–Kier alpha value is -0.760. The average Bonchev–Trinajstić information content (AvgIpc) is 2.10. The molecule has 1 rings (SSSR count). The summed E-state index contributed by atoms with van der Waals surface area (Å²) in [4.78, 5) is 10.5. The lowest BCUT2D eigenvalue weighted by atomic mass is 10.2. The third-order valence-corrected chi connectivity index (χ3v) is 1.28. The van der Waals surface area contributed by atoms with Crippen LogP contribution in [-0.2, 0) is 0 Å². The summed E-state index contributed by atoms with van der Waals surface area (Å²) in [6, 6.07) is 8.94. The van der Waals surface area contributed by atoms with Gasteiger partial charge in [0.1, 0.15) is 0 Å². The predicted octanol–water partition coefficient (Wildman–Crippen LogP) is 2.78. The molecule has 0 fully saturated rings. The largest absolute Gasteiger partial charge is 0.282 e. The van der Waals surface area contributed by atoms with Crippen LogP contribution in [0.5, 0.6) is 0 Å². The molecule has 1 aromatic rings. The van der Waals surface area contributed by atoms with Crippen molar-refractivity contribution in [2.24, 2.45) is 0 Å². The Morgan fingerprint density at radius 1 is 1.18 bits per heavy atom. The molecule has 1 nitrogen and oxygen atoms in total. The first-order valence-corrected chi connectivity index (χ1v) is 4.04. The van der Waals surface area contributed by atoms with Gasteiger partial charge in [-0.2, -0.15) is 0 Å². The molecule has 0 atom stereocenters. The predicted molar refractivity (Wildman–Crippen MR) is 51.1 cm³/mol. The first-order valence-electron chi connectivity index (χ1n) is 3.59. The molecule has 1 aromatic carbocycles. The molecule has 0 saturated heterocycles. The zero-order chi connectivity index (χ0) is 8.69. The third kappa shape index (κ3) is 3.83. The van der Waals surface area contributed by atoms with Crippen LogP contribution < -0.4 is 0 Å². The normalized spacial score (nSPS) is 7.91. The van der Waals surface area contributed by atoms with E-state index in [0.29, 0.717) is 5.56 Å². The lowest BCUT2D eigenvalue weighted by molar-refractivity contribution is 0.109. The fourth-order valence-electron chi connectivity index (χ4n) is 0.581. The van der Waals surface area contributed by atoms with Gasteiger partial charge in [-0.15, -0.1) is 12.6 Å². The minimum Gasteiger partial charge on any atom is -0.282 e. The Labute approximate surface area is 72.8 Å². The number of thiol groups is 1. The number of rotatable bonds is 1. The molecule has 60 valence electrons. The summed E-state index contributed by atoms with van der Waals surface area (Å²) < 4.78 is 0. The molecule has 0 saturated carbocycles. The van der Waals surface area contributed by atoms with E-state index in [4.69, 9.17) is 0 Å². The molecule has 0 radical (unpaired) electrons. The van der Waals surface area contributed by atoms with Gasteiger partial charge >= 0.3 is 0 Å². The van der Waals surface area contributed by atoms with Crippen LogP contribution in [0.3, 0.4) is 0 Å². The van der Waals surface area contributed by atoms with E-state index < -0.39 is 0 Å². The van der Waals surface area contributed by atoms with Crippen molar-refractivity contribution in [2.45, 2.75) is 13.8 Å². The van der Waals surface area contributed by atoms with Crippen LogP contribution in [0.25, 0.3) is 0 Å². The van der Waals surface area contributed by atoms with Gasteiger partial charge in [-0.25, -0.2) is 0 Å². The lowest BCUT2D eigenvalue weighted by Crippen LogP contribution is -1.84. The molecule has 0 aliphatic rings. The molecular formula is C9H12OS. The third-order valence-electron chi connectivity index (χ3n) is 1.02. The van der Waals surface area contributed by atoms with Crippen LogP contribution in [0.4, 0.5) is 0 Å². The smallest absolute Gasteiger partial charge is 0.216 e. The highest BCUT2D eigenvalue weighted by molar-refractivity contribution is 7.97. The topological polar surface area (TPSA) is 17.1 Å². The maximum atomic E-state index is 10.5. The second-order valence-electron chi connectivity index (χ2n) is 1.67. The van der Waals surface area contributed by atoms with Gasteiger partial charge in [0, 0.05) is 5.56 Å². The van der Waals surface area contributed by atoms with Gasteiger partial charge in [0.15, 0.2) is 0 Å². The maximum absolute atomic E-state index is 10.5. The van der Waals surface area contributed by atoms with E-state index in [1.54, 1.807) is 12.1 Å². The average molecular weight is 168 g/mol. The number of carbonyl (C=O) groups is 1. The van der Waals surface area contributed by atoms with Gasteiger partial charge in [-0.05, 0) is 0 Å². The molecule has 0 bridgehead atoms. The van der Waals surface area contributed by atoms with Gasteiger partial charge in [0.05, 0.1) is 0 Å². The van der Waals surface area contributed by atoms with Crippen molar-refractivity contribution in [3.05, 3.63) is 35.9 Å². The summed E-state index contributed by atoms with van der Waals surface area (Å²) in [5, 5.41) is -0.185. The molecule has 0 aliphatic heterocycles. The van der Waals surface area contributed by atoms with Crippen LogP contribution in [0.15, 0.2) is 30.3 Å². The Morgan fingerprint density at radius 3 is 1.91 bits per heavy atom. The second kappa shape index (κ2) is 5.98. The zero-order valence-electron chi connectivity index (χ0n) is 6.74. The van der Waals surface area contributed by atoms with Crippen LogP contribution in [-0.4, -0.2) is 5.12 Å². The first-order chi connectivity index (χ1) is 5.30. The van der Waals surface area contributed by atoms with E-state index in [1.165, 1.54) is 0 Å². The van der Waals surface area contributed by atoms with E-state index in [9.17, 15) is 4.79 Å². The highest BCUT2D eigenvalue weighted by Gasteiger charge is 1.94. The number of carbonyl (C=O) groups excluding carboxylic acids is 1. The van der Waals surface area contributed by atoms with Crippen molar-refractivity contribution in [1.82, 2.24) is 0 Å². The lowest BCUT2D eigenvalue weighted by Gasteiger charge is -1.88. The molecule has 0 heterocycles. The fourth-order valence-corrected chi connectivity index (χ4v) is 0.730. The van der Waals surface area contributed by atoms with E-state index in [-0.39, 0.29) is 5.12 Å². The van der Waals surface area contributed by atoms with Crippen LogP contribution in [0, 0.1) is 0 Å².